The summed E-state index contributed by atoms with van der Waals surface area (Å²) in [5.41, 5.74) is 1.64. The molecule has 5 nitrogen and oxygen atoms in total. The third kappa shape index (κ3) is 2.86. The van der Waals surface area contributed by atoms with E-state index < -0.39 is 0 Å². The van der Waals surface area contributed by atoms with E-state index in [1.165, 1.54) is 5.56 Å². The summed E-state index contributed by atoms with van der Waals surface area (Å²) >= 11 is 0. The molecular weight excluding hydrogens is 304 g/mol. The molecule has 2 heterocycles. The Balaban J connectivity index is 1.33. The van der Waals surface area contributed by atoms with Crippen LogP contribution in [0.4, 0.5) is 4.79 Å². The third-order valence-corrected chi connectivity index (χ3v) is 6.04. The van der Waals surface area contributed by atoms with E-state index in [0.717, 1.165) is 64.3 Å². The summed E-state index contributed by atoms with van der Waals surface area (Å²) < 4.78 is 10.8. The van der Waals surface area contributed by atoms with Crippen molar-refractivity contribution in [2.75, 3.05) is 40.0 Å². The Morgan fingerprint density at radius 2 is 2.04 bits per heavy atom. The molecule has 1 aliphatic carbocycles. The van der Waals surface area contributed by atoms with Crippen LogP contribution in [0.5, 0.6) is 5.75 Å². The SMILES string of the molecule is COc1ccc(C2(CNC(=O)N3CCC4(CCOC4)C3)CC2)cc1. The highest BCUT2D eigenvalue weighted by Crippen LogP contribution is 2.48. The van der Waals surface area contributed by atoms with Gasteiger partial charge >= 0.3 is 6.03 Å². The molecule has 2 saturated heterocycles. The minimum Gasteiger partial charge on any atom is -0.497 e. The van der Waals surface area contributed by atoms with Gasteiger partial charge in [-0.15, -0.1) is 0 Å². The van der Waals surface area contributed by atoms with Crippen LogP contribution < -0.4 is 10.1 Å². The maximum atomic E-state index is 12.5. The molecule has 24 heavy (non-hydrogen) atoms. The molecule has 0 aromatic heterocycles. The first-order valence-electron chi connectivity index (χ1n) is 8.90. The number of methoxy groups -OCH3 is 1. The van der Waals surface area contributed by atoms with Gasteiger partial charge in [-0.25, -0.2) is 4.79 Å². The van der Waals surface area contributed by atoms with Gasteiger partial charge in [-0.3, -0.25) is 0 Å². The number of carbonyl (C=O) groups excluding carboxylic acids is 1. The topological polar surface area (TPSA) is 50.8 Å². The fraction of sp³-hybridized carbons (Fsp3) is 0.632. The summed E-state index contributed by atoms with van der Waals surface area (Å²) in [7, 11) is 1.68. The van der Waals surface area contributed by atoms with E-state index in [-0.39, 0.29) is 16.9 Å². The molecule has 1 atom stereocenters. The van der Waals surface area contributed by atoms with Crippen molar-refractivity contribution in [2.45, 2.75) is 31.1 Å². The van der Waals surface area contributed by atoms with Gasteiger partial charge < -0.3 is 19.7 Å². The van der Waals surface area contributed by atoms with Gasteiger partial charge in [-0.1, -0.05) is 12.1 Å². The molecule has 2 aliphatic heterocycles. The highest BCUT2D eigenvalue weighted by molar-refractivity contribution is 5.75. The van der Waals surface area contributed by atoms with Gasteiger partial charge in [-0.2, -0.15) is 0 Å². The van der Waals surface area contributed by atoms with Crippen LogP contribution in [0, 0.1) is 5.41 Å². The van der Waals surface area contributed by atoms with E-state index in [0.29, 0.717) is 0 Å². The number of carbonyl (C=O) groups is 1. The van der Waals surface area contributed by atoms with E-state index in [4.69, 9.17) is 9.47 Å². The van der Waals surface area contributed by atoms with Crippen molar-refractivity contribution in [1.82, 2.24) is 10.2 Å². The molecule has 0 bridgehead atoms. The summed E-state index contributed by atoms with van der Waals surface area (Å²) in [6.45, 7) is 4.07. The largest absolute Gasteiger partial charge is 0.497 e. The van der Waals surface area contributed by atoms with Gasteiger partial charge in [0.15, 0.2) is 0 Å². The number of likely N-dealkylation sites (tertiary alicyclic amines) is 1. The Morgan fingerprint density at radius 1 is 1.25 bits per heavy atom. The van der Waals surface area contributed by atoms with E-state index in [9.17, 15) is 4.79 Å². The molecule has 130 valence electrons. The molecule has 3 aliphatic rings. The molecule has 1 N–H and O–H groups in total. The summed E-state index contributed by atoms with van der Waals surface area (Å²) in [4.78, 5) is 14.5. The lowest BCUT2D eigenvalue weighted by molar-refractivity contribution is 0.152. The average Bonchev–Trinajstić information content (AvgIpc) is 3.08. The van der Waals surface area contributed by atoms with E-state index in [1.54, 1.807) is 7.11 Å². The predicted molar refractivity (Wildman–Crippen MR) is 91.4 cm³/mol. The number of urea groups is 1. The van der Waals surface area contributed by atoms with Gasteiger partial charge in [0.1, 0.15) is 5.75 Å². The predicted octanol–water partition coefficient (Wildman–Crippen LogP) is 2.55. The number of rotatable bonds is 4. The van der Waals surface area contributed by atoms with Crippen LogP contribution in [0.25, 0.3) is 0 Å². The molecule has 1 spiro atoms. The van der Waals surface area contributed by atoms with Crippen LogP contribution in [0.2, 0.25) is 0 Å². The van der Waals surface area contributed by atoms with Crippen LogP contribution in [-0.4, -0.2) is 50.9 Å². The molecule has 5 heteroatoms. The van der Waals surface area contributed by atoms with Gasteiger partial charge in [-0.05, 0) is 43.4 Å². The number of nitrogens with one attached hydrogen (secondary N) is 1. The van der Waals surface area contributed by atoms with Crippen molar-refractivity contribution in [3.63, 3.8) is 0 Å². The van der Waals surface area contributed by atoms with Crippen LogP contribution in [0.15, 0.2) is 24.3 Å². The monoisotopic (exact) mass is 330 g/mol. The van der Waals surface area contributed by atoms with Crippen molar-refractivity contribution < 1.29 is 14.3 Å². The van der Waals surface area contributed by atoms with Crippen LogP contribution in [-0.2, 0) is 10.2 Å². The number of benzene rings is 1. The summed E-state index contributed by atoms with van der Waals surface area (Å²) in [5.74, 6) is 0.875. The summed E-state index contributed by atoms with van der Waals surface area (Å²) in [6, 6.07) is 8.33. The van der Waals surface area contributed by atoms with E-state index in [2.05, 4.69) is 17.4 Å². The molecule has 3 fully saturated rings. The number of hydrogen-bond donors (Lipinski definition) is 1. The molecule has 0 radical (unpaired) electrons. The molecule has 1 saturated carbocycles. The number of nitrogens with zero attached hydrogens (tertiary/aromatic N) is 1. The maximum Gasteiger partial charge on any atom is 0.317 e. The zero-order valence-electron chi connectivity index (χ0n) is 14.3. The smallest absolute Gasteiger partial charge is 0.317 e. The van der Waals surface area contributed by atoms with Gasteiger partial charge in [0.2, 0.25) is 0 Å². The number of hydrogen-bond acceptors (Lipinski definition) is 3. The lowest BCUT2D eigenvalue weighted by Crippen LogP contribution is -2.42. The number of ether oxygens (including phenoxy) is 2. The van der Waals surface area contributed by atoms with Crippen LogP contribution in [0.1, 0.15) is 31.2 Å². The molecule has 1 aromatic rings. The molecule has 4 rings (SSSR count). The van der Waals surface area contributed by atoms with Crippen LogP contribution >= 0.6 is 0 Å². The maximum absolute atomic E-state index is 12.5. The number of amides is 2. The first kappa shape index (κ1) is 15.8. The summed E-state index contributed by atoms with van der Waals surface area (Å²) in [6.07, 6.45) is 4.44. The first-order chi connectivity index (χ1) is 11.6. The lowest BCUT2D eigenvalue weighted by atomic mass is 9.87. The lowest BCUT2D eigenvalue weighted by Gasteiger charge is -2.24. The quantitative estimate of drug-likeness (QED) is 0.923. The standard InChI is InChI=1S/C19H26N2O3/c1-23-16-4-2-15(3-5-16)19(6-7-19)12-20-17(22)21-10-8-18(13-21)9-11-24-14-18/h2-5H,6-14H2,1H3,(H,20,22). The normalized spacial score (nSPS) is 27.5. The van der Waals surface area contributed by atoms with E-state index >= 15 is 0 Å². The zero-order chi connectivity index (χ0) is 16.6. The Hall–Kier alpha value is -1.75. The molecular formula is C19H26N2O3. The second-order valence-electron chi connectivity index (χ2n) is 7.64. The fourth-order valence-electron chi connectivity index (χ4n) is 4.10. The van der Waals surface area contributed by atoms with Crippen molar-refractivity contribution in [2.24, 2.45) is 5.41 Å². The second kappa shape index (κ2) is 5.96. The molecule has 1 aromatic carbocycles. The van der Waals surface area contributed by atoms with Crippen molar-refractivity contribution >= 4 is 6.03 Å². The highest BCUT2D eigenvalue weighted by Gasteiger charge is 2.46. The van der Waals surface area contributed by atoms with Gasteiger partial charge in [0.05, 0.1) is 13.7 Å². The van der Waals surface area contributed by atoms with E-state index in [1.807, 2.05) is 17.0 Å². The minimum atomic E-state index is 0.0820. The Bertz CT molecular complexity index is 604. The van der Waals surface area contributed by atoms with Gasteiger partial charge in [0.25, 0.3) is 0 Å². The van der Waals surface area contributed by atoms with Crippen LogP contribution in [0.3, 0.4) is 0 Å². The fourth-order valence-corrected chi connectivity index (χ4v) is 4.10. The second-order valence-corrected chi connectivity index (χ2v) is 7.64. The molecule has 1 unspecified atom stereocenters. The van der Waals surface area contributed by atoms with Crippen molar-refractivity contribution in [1.29, 1.82) is 0 Å². The average molecular weight is 330 g/mol. The summed E-state index contributed by atoms with van der Waals surface area (Å²) in [5, 5.41) is 3.18. The third-order valence-electron chi connectivity index (χ3n) is 6.04. The minimum absolute atomic E-state index is 0.0820. The highest BCUT2D eigenvalue weighted by atomic mass is 16.5. The molecule has 2 amide bonds. The first-order valence-corrected chi connectivity index (χ1v) is 8.90. The van der Waals surface area contributed by atoms with Gasteiger partial charge in [0, 0.05) is 37.1 Å². The van der Waals surface area contributed by atoms with Crippen molar-refractivity contribution in [3.8, 4) is 5.75 Å². The Kier molecular flexibility index (Phi) is 3.91. The van der Waals surface area contributed by atoms with Crippen molar-refractivity contribution in [3.05, 3.63) is 29.8 Å². The Labute approximate surface area is 143 Å². The Morgan fingerprint density at radius 3 is 2.67 bits per heavy atom. The zero-order valence-corrected chi connectivity index (χ0v) is 14.3.